The van der Waals surface area contributed by atoms with Gasteiger partial charge in [-0.25, -0.2) is 4.98 Å². The molecule has 1 amide bonds. The van der Waals surface area contributed by atoms with E-state index in [1.807, 2.05) is 6.07 Å². The fraction of sp³-hybridized carbons (Fsp3) is 0.357. The lowest BCUT2D eigenvalue weighted by atomic mass is 10.1. The Bertz CT molecular complexity index is 670. The molecule has 0 aliphatic rings. The maximum atomic E-state index is 11.9. The average molecular weight is 328 g/mol. The Balaban J connectivity index is 1.85. The molecule has 2 rings (SSSR count). The first-order chi connectivity index (χ1) is 10.8. The molecule has 0 bridgehead atoms. The highest BCUT2D eigenvalue weighted by Gasteiger charge is 2.27. The largest absolute Gasteiger partial charge is 0.411 e. The lowest BCUT2D eigenvalue weighted by Crippen LogP contribution is -2.29. The summed E-state index contributed by atoms with van der Waals surface area (Å²) in [5.74, 6) is 0.595. The lowest BCUT2D eigenvalue weighted by Gasteiger charge is -2.08. The molecule has 1 aromatic heterocycles. The minimum absolute atomic E-state index is 0.172. The van der Waals surface area contributed by atoms with Crippen LogP contribution < -0.4 is 5.32 Å². The minimum Gasteiger partial charge on any atom is -0.362 e. The molecule has 0 spiro atoms. The number of halogens is 3. The second kappa shape index (κ2) is 7.23. The van der Waals surface area contributed by atoms with Crippen LogP contribution in [0.15, 0.2) is 24.3 Å². The number of benzene rings is 1. The fourth-order valence-electron chi connectivity index (χ4n) is 1.80. The Kier molecular flexibility index (Phi) is 5.32. The van der Waals surface area contributed by atoms with Crippen LogP contribution in [0.3, 0.4) is 0 Å². The Morgan fingerprint density at radius 2 is 2.17 bits per heavy atom. The predicted octanol–water partition coefficient (Wildman–Crippen LogP) is 1.98. The number of alkyl halides is 3. The molecule has 0 saturated heterocycles. The summed E-state index contributed by atoms with van der Waals surface area (Å²) in [5, 5.41) is 9.26. The van der Waals surface area contributed by atoms with Crippen LogP contribution >= 0.6 is 0 Å². The number of nitrogens with one attached hydrogen (secondary N) is 2. The molecule has 0 saturated carbocycles. The molecule has 0 aliphatic carbocycles. The van der Waals surface area contributed by atoms with Crippen LogP contribution in [0.5, 0.6) is 0 Å². The van der Waals surface area contributed by atoms with Crippen molar-refractivity contribution < 1.29 is 22.7 Å². The standard InChI is InChI=1S/C14H15F3N4O2/c1-9-19-13(21-20-9)11-4-2-3-10(5-11)6-18-12(22)7-23-8-14(15,16)17/h2-5H,6-8H2,1H3,(H,18,22)(H,19,20,21). The van der Waals surface area contributed by atoms with Crippen molar-refractivity contribution in [1.29, 1.82) is 0 Å². The number of carbonyl (C=O) groups is 1. The van der Waals surface area contributed by atoms with Crippen molar-refractivity contribution in [2.75, 3.05) is 13.2 Å². The van der Waals surface area contributed by atoms with Gasteiger partial charge in [-0.3, -0.25) is 9.89 Å². The van der Waals surface area contributed by atoms with E-state index in [-0.39, 0.29) is 6.54 Å². The average Bonchev–Trinajstić information content (AvgIpc) is 2.91. The molecular weight excluding hydrogens is 313 g/mol. The lowest BCUT2D eigenvalue weighted by molar-refractivity contribution is -0.175. The Labute approximate surface area is 130 Å². The van der Waals surface area contributed by atoms with Gasteiger partial charge in [-0.2, -0.15) is 18.3 Å². The molecule has 2 N–H and O–H groups in total. The van der Waals surface area contributed by atoms with Gasteiger partial charge in [0.15, 0.2) is 5.82 Å². The topological polar surface area (TPSA) is 79.9 Å². The molecule has 0 radical (unpaired) electrons. The van der Waals surface area contributed by atoms with Gasteiger partial charge in [-0.1, -0.05) is 18.2 Å². The first kappa shape index (κ1) is 16.9. The zero-order valence-corrected chi connectivity index (χ0v) is 12.3. The van der Waals surface area contributed by atoms with Gasteiger partial charge in [0.25, 0.3) is 0 Å². The molecule has 6 nitrogen and oxygen atoms in total. The predicted molar refractivity (Wildman–Crippen MR) is 75.3 cm³/mol. The van der Waals surface area contributed by atoms with Gasteiger partial charge in [0.2, 0.25) is 5.91 Å². The van der Waals surface area contributed by atoms with Crippen molar-refractivity contribution >= 4 is 5.91 Å². The molecule has 124 valence electrons. The fourth-order valence-corrected chi connectivity index (χ4v) is 1.80. The van der Waals surface area contributed by atoms with E-state index >= 15 is 0 Å². The zero-order valence-electron chi connectivity index (χ0n) is 12.3. The number of hydrogen-bond donors (Lipinski definition) is 2. The Morgan fingerprint density at radius 1 is 1.39 bits per heavy atom. The van der Waals surface area contributed by atoms with Crippen LogP contribution in [0.2, 0.25) is 0 Å². The van der Waals surface area contributed by atoms with Crippen molar-refractivity contribution in [2.24, 2.45) is 0 Å². The summed E-state index contributed by atoms with van der Waals surface area (Å²) < 4.78 is 40.0. The molecule has 0 unspecified atom stereocenters. The number of rotatable bonds is 6. The van der Waals surface area contributed by atoms with Crippen LogP contribution in [-0.4, -0.2) is 40.5 Å². The van der Waals surface area contributed by atoms with Crippen LogP contribution in [0.4, 0.5) is 13.2 Å². The van der Waals surface area contributed by atoms with Crippen LogP contribution in [0, 0.1) is 6.92 Å². The number of amides is 1. The second-order valence-electron chi connectivity index (χ2n) is 4.83. The molecule has 23 heavy (non-hydrogen) atoms. The van der Waals surface area contributed by atoms with Gasteiger partial charge < -0.3 is 10.1 Å². The van der Waals surface area contributed by atoms with E-state index in [4.69, 9.17) is 0 Å². The maximum Gasteiger partial charge on any atom is 0.411 e. The van der Waals surface area contributed by atoms with E-state index in [2.05, 4.69) is 25.2 Å². The molecule has 0 fully saturated rings. The third-order valence-electron chi connectivity index (χ3n) is 2.77. The molecule has 2 aromatic rings. The number of carbonyl (C=O) groups excluding carboxylic acids is 1. The molecule has 1 aromatic carbocycles. The van der Waals surface area contributed by atoms with E-state index in [0.717, 1.165) is 11.1 Å². The van der Waals surface area contributed by atoms with Crippen LogP contribution in [0.25, 0.3) is 11.4 Å². The molecule has 0 atom stereocenters. The quantitative estimate of drug-likeness (QED) is 0.850. The van der Waals surface area contributed by atoms with E-state index < -0.39 is 25.3 Å². The summed E-state index contributed by atoms with van der Waals surface area (Å²) in [6.45, 7) is -0.133. The first-order valence-corrected chi connectivity index (χ1v) is 6.73. The van der Waals surface area contributed by atoms with Crippen molar-refractivity contribution in [2.45, 2.75) is 19.6 Å². The summed E-state index contributed by atoms with van der Waals surface area (Å²) in [7, 11) is 0. The van der Waals surface area contributed by atoms with Gasteiger partial charge in [-0.05, 0) is 18.6 Å². The van der Waals surface area contributed by atoms with Gasteiger partial charge >= 0.3 is 6.18 Å². The third-order valence-corrected chi connectivity index (χ3v) is 2.77. The van der Waals surface area contributed by atoms with E-state index in [0.29, 0.717) is 11.6 Å². The summed E-state index contributed by atoms with van der Waals surface area (Å²) in [6, 6.07) is 7.17. The molecule has 1 heterocycles. The number of H-pyrrole nitrogens is 1. The SMILES string of the molecule is Cc1nc(-c2cccc(CNC(=O)COCC(F)(F)F)c2)n[nH]1. The molecule has 9 heteroatoms. The number of aryl methyl sites for hydroxylation is 1. The first-order valence-electron chi connectivity index (χ1n) is 6.73. The van der Waals surface area contributed by atoms with Crippen LogP contribution in [-0.2, 0) is 16.1 Å². The summed E-state index contributed by atoms with van der Waals surface area (Å²) in [5.41, 5.74) is 1.54. The van der Waals surface area contributed by atoms with Gasteiger partial charge in [-0.15, -0.1) is 0 Å². The zero-order chi connectivity index (χ0) is 16.9. The number of ether oxygens (including phenoxy) is 1. The van der Waals surface area contributed by atoms with E-state index in [9.17, 15) is 18.0 Å². The smallest absolute Gasteiger partial charge is 0.362 e. The van der Waals surface area contributed by atoms with Gasteiger partial charge in [0.1, 0.15) is 19.0 Å². The van der Waals surface area contributed by atoms with Gasteiger partial charge in [0.05, 0.1) is 0 Å². The number of aromatic nitrogens is 3. The summed E-state index contributed by atoms with van der Waals surface area (Å²) >= 11 is 0. The monoisotopic (exact) mass is 328 g/mol. The summed E-state index contributed by atoms with van der Waals surface area (Å²) in [4.78, 5) is 15.6. The van der Waals surface area contributed by atoms with Crippen molar-refractivity contribution in [3.05, 3.63) is 35.7 Å². The van der Waals surface area contributed by atoms with Crippen molar-refractivity contribution in [3.63, 3.8) is 0 Å². The van der Waals surface area contributed by atoms with E-state index in [1.165, 1.54) is 0 Å². The highest BCUT2D eigenvalue weighted by Crippen LogP contribution is 2.16. The number of aromatic amines is 1. The Morgan fingerprint density at radius 3 is 2.83 bits per heavy atom. The van der Waals surface area contributed by atoms with Gasteiger partial charge in [0, 0.05) is 12.1 Å². The Hall–Kier alpha value is -2.42. The maximum absolute atomic E-state index is 11.9. The summed E-state index contributed by atoms with van der Waals surface area (Å²) in [6.07, 6.45) is -4.44. The highest BCUT2D eigenvalue weighted by atomic mass is 19.4. The number of hydrogen-bond acceptors (Lipinski definition) is 4. The van der Waals surface area contributed by atoms with Crippen molar-refractivity contribution in [1.82, 2.24) is 20.5 Å². The highest BCUT2D eigenvalue weighted by molar-refractivity contribution is 5.77. The number of nitrogens with zero attached hydrogens (tertiary/aromatic N) is 2. The van der Waals surface area contributed by atoms with Crippen LogP contribution in [0.1, 0.15) is 11.4 Å². The molecule has 0 aliphatic heterocycles. The second-order valence-corrected chi connectivity index (χ2v) is 4.83. The minimum atomic E-state index is -4.44. The molecular formula is C14H15F3N4O2. The van der Waals surface area contributed by atoms with E-state index in [1.54, 1.807) is 25.1 Å². The normalized spacial score (nSPS) is 11.5. The third kappa shape index (κ3) is 5.70. The van der Waals surface area contributed by atoms with Crippen molar-refractivity contribution in [3.8, 4) is 11.4 Å².